The lowest BCUT2D eigenvalue weighted by molar-refractivity contribution is -0.140. The number of morpholine rings is 1. The van der Waals surface area contributed by atoms with Gasteiger partial charge in [0.2, 0.25) is 5.91 Å². The van der Waals surface area contributed by atoms with Crippen molar-refractivity contribution in [3.8, 4) is 0 Å². The molecule has 2 atom stereocenters. The summed E-state index contributed by atoms with van der Waals surface area (Å²) < 4.78 is 11.3. The molecule has 0 saturated carbocycles. The van der Waals surface area contributed by atoms with Crippen LogP contribution in [-0.2, 0) is 16.0 Å². The second-order valence-corrected chi connectivity index (χ2v) is 6.23. The number of H-pyrrole nitrogens is 1. The molecule has 24 heavy (non-hydrogen) atoms. The van der Waals surface area contributed by atoms with Crippen LogP contribution < -0.4 is 0 Å². The van der Waals surface area contributed by atoms with E-state index in [0.29, 0.717) is 25.5 Å². The highest BCUT2D eigenvalue weighted by molar-refractivity contribution is 5.83. The molecule has 130 valence electrons. The van der Waals surface area contributed by atoms with Crippen LogP contribution in [0.2, 0.25) is 0 Å². The first kappa shape index (κ1) is 16.7. The van der Waals surface area contributed by atoms with Crippen LogP contribution >= 0.6 is 0 Å². The van der Waals surface area contributed by atoms with Gasteiger partial charge in [-0.25, -0.2) is 4.98 Å². The zero-order valence-corrected chi connectivity index (χ0v) is 14.6. The monoisotopic (exact) mass is 332 g/mol. The zero-order valence-electron chi connectivity index (χ0n) is 14.6. The molecule has 1 aliphatic rings. The lowest BCUT2D eigenvalue weighted by Gasteiger charge is -2.33. The van der Waals surface area contributed by atoms with Crippen molar-refractivity contribution >= 4 is 5.91 Å². The summed E-state index contributed by atoms with van der Waals surface area (Å²) in [5.74, 6) is 2.93. The lowest BCUT2D eigenvalue weighted by atomic mass is 9.99. The van der Waals surface area contributed by atoms with Gasteiger partial charge in [-0.1, -0.05) is 6.92 Å². The lowest BCUT2D eigenvalue weighted by Crippen LogP contribution is -2.44. The molecule has 1 saturated heterocycles. The number of aromatic nitrogens is 3. The summed E-state index contributed by atoms with van der Waals surface area (Å²) in [4.78, 5) is 19.1. The van der Waals surface area contributed by atoms with Crippen molar-refractivity contribution in [3.05, 3.63) is 34.8 Å². The van der Waals surface area contributed by atoms with Crippen LogP contribution in [0.1, 0.15) is 54.6 Å². The summed E-state index contributed by atoms with van der Waals surface area (Å²) in [5.41, 5.74) is 0.951. The van der Waals surface area contributed by atoms with Gasteiger partial charge >= 0.3 is 0 Å². The van der Waals surface area contributed by atoms with E-state index in [1.807, 2.05) is 38.7 Å². The fourth-order valence-corrected chi connectivity index (χ4v) is 3.11. The Bertz CT molecular complexity index is 721. The molecule has 0 bridgehead atoms. The Labute approximate surface area is 141 Å². The maximum Gasteiger partial charge on any atom is 0.230 e. The third kappa shape index (κ3) is 3.21. The number of nitrogens with zero attached hydrogens (tertiary/aromatic N) is 3. The Morgan fingerprint density at radius 2 is 2.29 bits per heavy atom. The molecular formula is C17H24N4O3. The molecule has 0 unspecified atom stereocenters. The van der Waals surface area contributed by atoms with Crippen molar-refractivity contribution in [1.29, 1.82) is 0 Å². The first-order valence-corrected chi connectivity index (χ1v) is 8.38. The minimum Gasteiger partial charge on any atom is -0.466 e. The highest BCUT2D eigenvalue weighted by atomic mass is 16.5. The number of amides is 1. The molecule has 3 heterocycles. The van der Waals surface area contributed by atoms with Crippen LogP contribution in [0.5, 0.6) is 0 Å². The van der Waals surface area contributed by atoms with Crippen molar-refractivity contribution in [2.75, 3.05) is 19.7 Å². The third-order valence-corrected chi connectivity index (χ3v) is 4.47. The van der Waals surface area contributed by atoms with E-state index in [2.05, 4.69) is 15.2 Å². The first-order valence-electron chi connectivity index (χ1n) is 8.38. The molecule has 1 fully saturated rings. The molecular weight excluding hydrogens is 308 g/mol. The average Bonchev–Trinajstić information content (AvgIpc) is 3.19. The number of carbonyl (C=O) groups excluding carboxylic acids is 1. The molecule has 3 rings (SSSR count). The molecule has 2 aromatic rings. The van der Waals surface area contributed by atoms with E-state index in [1.54, 1.807) is 0 Å². The maximum atomic E-state index is 12.9. The third-order valence-electron chi connectivity index (χ3n) is 4.47. The van der Waals surface area contributed by atoms with Crippen molar-refractivity contribution in [3.63, 3.8) is 0 Å². The molecule has 0 aliphatic carbocycles. The largest absolute Gasteiger partial charge is 0.466 e. The number of hydrogen-bond acceptors (Lipinski definition) is 5. The number of carbonyl (C=O) groups is 1. The van der Waals surface area contributed by atoms with Gasteiger partial charge in [0.1, 0.15) is 23.4 Å². The second-order valence-electron chi connectivity index (χ2n) is 6.23. The molecule has 1 aliphatic heterocycles. The maximum absolute atomic E-state index is 12.9. The number of aryl methyl sites for hydroxylation is 3. The van der Waals surface area contributed by atoms with E-state index in [-0.39, 0.29) is 17.9 Å². The van der Waals surface area contributed by atoms with Crippen molar-refractivity contribution in [1.82, 2.24) is 20.1 Å². The number of ether oxygens (including phenoxy) is 1. The number of aromatic amines is 1. The zero-order chi connectivity index (χ0) is 17.3. The minimum absolute atomic E-state index is 0.0819. The highest BCUT2D eigenvalue weighted by Gasteiger charge is 2.31. The number of rotatable bonds is 4. The summed E-state index contributed by atoms with van der Waals surface area (Å²) in [6.45, 7) is 9.27. The number of hydrogen-bond donors (Lipinski definition) is 1. The SMILES string of the molecule is CCc1nc([C@H]2CN(C(=O)[C@H](C)c3cc(C)oc3C)CCO2)n[nH]1. The Kier molecular flexibility index (Phi) is 4.71. The number of furan rings is 1. The Balaban J connectivity index is 1.71. The predicted molar refractivity (Wildman–Crippen MR) is 87.6 cm³/mol. The minimum atomic E-state index is -0.279. The van der Waals surface area contributed by atoms with Gasteiger partial charge in [0.15, 0.2) is 5.82 Å². The van der Waals surface area contributed by atoms with Gasteiger partial charge in [0.25, 0.3) is 0 Å². The molecule has 2 aromatic heterocycles. The van der Waals surface area contributed by atoms with E-state index >= 15 is 0 Å². The fourth-order valence-electron chi connectivity index (χ4n) is 3.11. The van der Waals surface area contributed by atoms with E-state index in [1.165, 1.54) is 0 Å². The topological polar surface area (TPSA) is 84.2 Å². The number of nitrogens with one attached hydrogen (secondary N) is 1. The molecule has 7 nitrogen and oxygen atoms in total. The highest BCUT2D eigenvalue weighted by Crippen LogP contribution is 2.27. The van der Waals surface area contributed by atoms with Crippen LogP contribution in [0, 0.1) is 13.8 Å². The smallest absolute Gasteiger partial charge is 0.230 e. The van der Waals surface area contributed by atoms with Gasteiger partial charge in [-0.3, -0.25) is 9.89 Å². The molecule has 0 spiro atoms. The normalized spacial score (nSPS) is 19.5. The summed E-state index contributed by atoms with van der Waals surface area (Å²) in [5, 5.41) is 7.11. The van der Waals surface area contributed by atoms with Gasteiger partial charge in [-0.05, 0) is 26.8 Å². The molecule has 7 heteroatoms. The van der Waals surface area contributed by atoms with E-state index in [9.17, 15) is 4.79 Å². The van der Waals surface area contributed by atoms with E-state index < -0.39 is 0 Å². The molecule has 0 radical (unpaired) electrons. The Morgan fingerprint density at radius 1 is 1.50 bits per heavy atom. The summed E-state index contributed by atoms with van der Waals surface area (Å²) in [7, 11) is 0. The first-order chi connectivity index (χ1) is 11.5. The van der Waals surface area contributed by atoms with Gasteiger partial charge in [-0.15, -0.1) is 0 Å². The van der Waals surface area contributed by atoms with Crippen molar-refractivity contribution in [2.45, 2.75) is 46.1 Å². The predicted octanol–water partition coefficient (Wildman–Crippen LogP) is 2.28. The van der Waals surface area contributed by atoms with Gasteiger partial charge in [0.05, 0.1) is 19.1 Å². The van der Waals surface area contributed by atoms with Crippen LogP contribution in [-0.4, -0.2) is 45.7 Å². The summed E-state index contributed by atoms with van der Waals surface area (Å²) in [6, 6.07) is 1.94. The second kappa shape index (κ2) is 6.76. The van der Waals surface area contributed by atoms with Crippen molar-refractivity contribution < 1.29 is 13.9 Å². The van der Waals surface area contributed by atoms with Gasteiger partial charge in [0, 0.05) is 18.5 Å². The standard InChI is InChI=1S/C17H24N4O3/c1-5-15-18-16(20-19-15)14-9-21(6-7-23-14)17(22)11(3)13-8-10(2)24-12(13)4/h8,11,14H,5-7,9H2,1-4H3,(H,18,19,20)/t11-,14-/m1/s1. The fraction of sp³-hybridized carbons (Fsp3) is 0.588. The molecule has 1 N–H and O–H groups in total. The molecule has 1 amide bonds. The van der Waals surface area contributed by atoms with Crippen LogP contribution in [0.3, 0.4) is 0 Å². The van der Waals surface area contributed by atoms with Crippen molar-refractivity contribution in [2.24, 2.45) is 0 Å². The molecule has 0 aromatic carbocycles. The van der Waals surface area contributed by atoms with E-state index in [4.69, 9.17) is 9.15 Å². The quantitative estimate of drug-likeness (QED) is 0.928. The van der Waals surface area contributed by atoms with E-state index in [0.717, 1.165) is 29.3 Å². The van der Waals surface area contributed by atoms with Gasteiger partial charge < -0.3 is 14.1 Å². The summed E-state index contributed by atoms with van der Waals surface area (Å²) >= 11 is 0. The summed E-state index contributed by atoms with van der Waals surface area (Å²) in [6.07, 6.45) is 0.511. The van der Waals surface area contributed by atoms with Gasteiger partial charge in [-0.2, -0.15) is 5.10 Å². The van der Waals surface area contributed by atoms with Crippen LogP contribution in [0.15, 0.2) is 10.5 Å². The Hall–Kier alpha value is -2.15. The van der Waals surface area contributed by atoms with Crippen LogP contribution in [0.25, 0.3) is 0 Å². The van der Waals surface area contributed by atoms with Crippen LogP contribution in [0.4, 0.5) is 0 Å². The average molecular weight is 332 g/mol. The Morgan fingerprint density at radius 3 is 2.92 bits per heavy atom.